The second kappa shape index (κ2) is 10.2. The standard InChI is InChI=1S/C10H26O5Si2/c1-6-14-10(15-7-2)16-8-9-17(11-3,12-4)13-5/h10H,6-9,16H2,1-5H3. The Bertz CT molecular complexity index is 164. The molecule has 0 saturated carbocycles. The van der Waals surface area contributed by atoms with E-state index in [4.69, 9.17) is 22.8 Å². The minimum Gasteiger partial charge on any atom is -0.377 e. The summed E-state index contributed by atoms with van der Waals surface area (Å²) in [6.07, 6.45) is 0. The lowest BCUT2D eigenvalue weighted by molar-refractivity contribution is -0.0827. The van der Waals surface area contributed by atoms with E-state index in [1.54, 1.807) is 21.3 Å². The molecule has 0 aromatic carbocycles. The molecule has 0 aliphatic rings. The third-order valence-corrected chi connectivity index (χ3v) is 7.80. The van der Waals surface area contributed by atoms with Crippen LogP contribution in [0.1, 0.15) is 13.8 Å². The molecule has 0 unspecified atom stereocenters. The van der Waals surface area contributed by atoms with E-state index in [2.05, 4.69) is 0 Å². The van der Waals surface area contributed by atoms with Crippen molar-refractivity contribution in [2.45, 2.75) is 31.8 Å². The average molecular weight is 282 g/mol. The summed E-state index contributed by atoms with van der Waals surface area (Å²) in [4.78, 5) is 0. The predicted molar refractivity (Wildman–Crippen MR) is 72.0 cm³/mol. The fraction of sp³-hybridized carbons (Fsp3) is 1.00. The molecule has 0 saturated heterocycles. The third-order valence-electron chi connectivity index (χ3n) is 2.56. The Kier molecular flexibility index (Phi) is 10.3. The van der Waals surface area contributed by atoms with Crippen molar-refractivity contribution >= 4 is 18.3 Å². The summed E-state index contributed by atoms with van der Waals surface area (Å²) < 4.78 is 27.2. The summed E-state index contributed by atoms with van der Waals surface area (Å²) >= 11 is 0. The highest BCUT2D eigenvalue weighted by atomic mass is 28.4. The first kappa shape index (κ1) is 17.2. The van der Waals surface area contributed by atoms with Crippen LogP contribution in [0.2, 0.25) is 12.1 Å². The first-order valence-corrected chi connectivity index (χ1v) is 9.81. The third kappa shape index (κ3) is 6.65. The van der Waals surface area contributed by atoms with Crippen LogP contribution in [0.3, 0.4) is 0 Å². The Hall–Kier alpha value is 0.234. The van der Waals surface area contributed by atoms with Crippen LogP contribution >= 0.6 is 0 Å². The molecule has 0 heterocycles. The van der Waals surface area contributed by atoms with Crippen molar-refractivity contribution in [3.8, 4) is 0 Å². The van der Waals surface area contributed by atoms with Gasteiger partial charge in [0.25, 0.3) is 0 Å². The van der Waals surface area contributed by atoms with Gasteiger partial charge >= 0.3 is 8.80 Å². The van der Waals surface area contributed by atoms with Crippen LogP contribution in [0, 0.1) is 0 Å². The van der Waals surface area contributed by atoms with Crippen LogP contribution in [-0.4, -0.2) is 58.8 Å². The first-order valence-electron chi connectivity index (χ1n) is 6.06. The predicted octanol–water partition coefficient (Wildman–Crippen LogP) is 0.808. The van der Waals surface area contributed by atoms with Crippen LogP contribution in [-0.2, 0) is 22.8 Å². The van der Waals surface area contributed by atoms with E-state index in [-0.39, 0.29) is 5.91 Å². The van der Waals surface area contributed by atoms with Crippen molar-refractivity contribution in [2.75, 3.05) is 34.5 Å². The van der Waals surface area contributed by atoms with Crippen molar-refractivity contribution in [3.05, 3.63) is 0 Å². The molecule has 17 heavy (non-hydrogen) atoms. The monoisotopic (exact) mass is 282 g/mol. The molecule has 0 N–H and O–H groups in total. The van der Waals surface area contributed by atoms with Gasteiger partial charge in [-0.3, -0.25) is 0 Å². The van der Waals surface area contributed by atoms with Crippen LogP contribution in [0.4, 0.5) is 0 Å². The highest BCUT2D eigenvalue weighted by Gasteiger charge is 2.37. The van der Waals surface area contributed by atoms with Crippen LogP contribution in [0.5, 0.6) is 0 Å². The molecule has 0 aliphatic heterocycles. The van der Waals surface area contributed by atoms with Gasteiger partial charge in [-0.2, -0.15) is 0 Å². The Labute approximate surface area is 108 Å². The van der Waals surface area contributed by atoms with E-state index >= 15 is 0 Å². The van der Waals surface area contributed by atoms with Gasteiger partial charge in [0, 0.05) is 40.6 Å². The van der Waals surface area contributed by atoms with Gasteiger partial charge in [0.05, 0.1) is 9.52 Å². The summed E-state index contributed by atoms with van der Waals surface area (Å²) in [5.74, 6) is 0.00210. The van der Waals surface area contributed by atoms with Crippen molar-refractivity contribution in [1.82, 2.24) is 0 Å². The van der Waals surface area contributed by atoms with E-state index in [0.29, 0.717) is 13.2 Å². The van der Waals surface area contributed by atoms with Gasteiger partial charge in [-0.1, -0.05) is 6.04 Å². The van der Waals surface area contributed by atoms with Crippen molar-refractivity contribution in [2.24, 2.45) is 0 Å². The van der Waals surface area contributed by atoms with E-state index in [0.717, 1.165) is 12.1 Å². The maximum atomic E-state index is 5.53. The summed E-state index contributed by atoms with van der Waals surface area (Å²) in [6, 6.07) is 1.87. The minimum atomic E-state index is -2.41. The molecule has 0 spiro atoms. The van der Waals surface area contributed by atoms with E-state index in [1.807, 2.05) is 13.8 Å². The molecule has 0 aliphatic carbocycles. The van der Waals surface area contributed by atoms with Crippen LogP contribution in [0.25, 0.3) is 0 Å². The molecule has 0 aromatic rings. The molecule has 0 radical (unpaired) electrons. The maximum Gasteiger partial charge on any atom is 0.499 e. The molecule has 0 aromatic heterocycles. The molecule has 0 bridgehead atoms. The van der Waals surface area contributed by atoms with Gasteiger partial charge in [-0.15, -0.1) is 0 Å². The van der Waals surface area contributed by atoms with E-state index < -0.39 is 18.3 Å². The smallest absolute Gasteiger partial charge is 0.377 e. The van der Waals surface area contributed by atoms with Crippen LogP contribution in [0.15, 0.2) is 0 Å². The average Bonchev–Trinajstić information content (AvgIpc) is 2.36. The largest absolute Gasteiger partial charge is 0.499 e. The Morgan fingerprint density at radius 1 is 0.941 bits per heavy atom. The van der Waals surface area contributed by atoms with Gasteiger partial charge in [-0.05, 0) is 13.8 Å². The molecule has 5 nitrogen and oxygen atoms in total. The summed E-state index contributed by atoms with van der Waals surface area (Å²) in [5, 5.41) is 0. The topological polar surface area (TPSA) is 46.2 Å². The Morgan fingerprint density at radius 2 is 1.41 bits per heavy atom. The van der Waals surface area contributed by atoms with Crippen molar-refractivity contribution in [1.29, 1.82) is 0 Å². The van der Waals surface area contributed by atoms with Crippen molar-refractivity contribution < 1.29 is 22.8 Å². The van der Waals surface area contributed by atoms with Gasteiger partial charge in [-0.25, -0.2) is 0 Å². The van der Waals surface area contributed by atoms with E-state index in [1.165, 1.54) is 0 Å². The van der Waals surface area contributed by atoms with Gasteiger partial charge in [0.1, 0.15) is 5.91 Å². The van der Waals surface area contributed by atoms with Gasteiger partial charge in [0.2, 0.25) is 0 Å². The second-order valence-corrected chi connectivity index (χ2v) is 8.57. The molecule has 0 atom stereocenters. The number of ether oxygens (including phenoxy) is 2. The Balaban J connectivity index is 3.99. The van der Waals surface area contributed by atoms with Gasteiger partial charge in [0.15, 0.2) is 0 Å². The summed E-state index contributed by atoms with van der Waals surface area (Å²) in [7, 11) is 2.07. The SMILES string of the molecule is CCOC(OCC)[SiH2]CC[Si](OC)(OC)OC. The van der Waals surface area contributed by atoms with E-state index in [9.17, 15) is 0 Å². The Morgan fingerprint density at radius 3 is 1.76 bits per heavy atom. The normalized spacial score (nSPS) is 13.1. The lowest BCUT2D eigenvalue weighted by Crippen LogP contribution is -2.43. The quantitative estimate of drug-likeness (QED) is 0.414. The maximum absolute atomic E-state index is 5.53. The lowest BCUT2D eigenvalue weighted by Gasteiger charge is -2.25. The molecular formula is C10H26O5Si2. The zero-order valence-electron chi connectivity index (χ0n) is 11.7. The van der Waals surface area contributed by atoms with Crippen LogP contribution < -0.4 is 0 Å². The minimum absolute atomic E-state index is 0.00210. The number of hydrogen-bond acceptors (Lipinski definition) is 5. The number of hydrogen-bond donors (Lipinski definition) is 0. The summed E-state index contributed by atoms with van der Waals surface area (Å²) in [6.45, 7) is 5.36. The summed E-state index contributed by atoms with van der Waals surface area (Å²) in [5.41, 5.74) is 0. The number of rotatable bonds is 11. The molecule has 0 rings (SSSR count). The molecule has 7 heteroatoms. The lowest BCUT2D eigenvalue weighted by atomic mass is 10.8. The zero-order valence-corrected chi connectivity index (χ0v) is 14.1. The van der Waals surface area contributed by atoms with Gasteiger partial charge < -0.3 is 22.8 Å². The molecular weight excluding hydrogens is 256 g/mol. The fourth-order valence-electron chi connectivity index (χ4n) is 1.63. The fourth-order valence-corrected chi connectivity index (χ4v) is 6.43. The zero-order chi connectivity index (χ0) is 13.1. The first-order chi connectivity index (χ1) is 8.17. The van der Waals surface area contributed by atoms with Crippen molar-refractivity contribution in [3.63, 3.8) is 0 Å². The molecule has 0 fully saturated rings. The molecule has 104 valence electrons. The second-order valence-electron chi connectivity index (χ2n) is 3.53. The highest BCUT2D eigenvalue weighted by molar-refractivity contribution is 6.61. The molecule has 0 amide bonds. The highest BCUT2D eigenvalue weighted by Crippen LogP contribution is 2.15.